The molecule has 0 aliphatic carbocycles. The average Bonchev–Trinajstić information content (AvgIpc) is 2.86. The van der Waals surface area contributed by atoms with Crippen LogP contribution in [0, 0.1) is 5.41 Å². The third-order valence-electron chi connectivity index (χ3n) is 3.94. The lowest BCUT2D eigenvalue weighted by molar-refractivity contribution is 0.269. The van der Waals surface area contributed by atoms with Gasteiger partial charge in [0.25, 0.3) is 0 Å². The standard InChI is InChI=1S/C17H29N3S/c1-5-8-18-11-16-19-15(13-21-16)12-20-9-6-14(7-10-20)17(2,3)4/h6,13,18H,5,7-12H2,1-4H3. The highest BCUT2D eigenvalue weighted by Crippen LogP contribution is 2.30. The molecule has 118 valence electrons. The highest BCUT2D eigenvalue weighted by molar-refractivity contribution is 7.09. The summed E-state index contributed by atoms with van der Waals surface area (Å²) >= 11 is 1.78. The monoisotopic (exact) mass is 307 g/mol. The fraction of sp³-hybridized carbons (Fsp3) is 0.706. The predicted octanol–water partition coefficient (Wildman–Crippen LogP) is 3.82. The van der Waals surface area contributed by atoms with Gasteiger partial charge in [-0.05, 0) is 24.8 Å². The molecule has 0 fully saturated rings. The normalized spacial score (nSPS) is 17.0. The van der Waals surface area contributed by atoms with Crippen molar-refractivity contribution in [2.75, 3.05) is 19.6 Å². The van der Waals surface area contributed by atoms with E-state index >= 15 is 0 Å². The fourth-order valence-electron chi connectivity index (χ4n) is 2.64. The van der Waals surface area contributed by atoms with E-state index in [0.717, 1.165) is 32.7 Å². The Labute approximate surface area is 133 Å². The van der Waals surface area contributed by atoms with Crippen LogP contribution in [0.15, 0.2) is 17.0 Å². The molecule has 0 saturated heterocycles. The molecule has 0 aromatic carbocycles. The molecule has 0 unspecified atom stereocenters. The van der Waals surface area contributed by atoms with Gasteiger partial charge in [-0.2, -0.15) is 0 Å². The minimum Gasteiger partial charge on any atom is -0.310 e. The number of hydrogen-bond acceptors (Lipinski definition) is 4. The topological polar surface area (TPSA) is 28.2 Å². The second kappa shape index (κ2) is 7.52. The Morgan fingerprint density at radius 3 is 2.81 bits per heavy atom. The fourth-order valence-corrected chi connectivity index (χ4v) is 3.39. The summed E-state index contributed by atoms with van der Waals surface area (Å²) in [5.74, 6) is 0. The molecule has 0 bridgehead atoms. The first-order valence-corrected chi connectivity index (χ1v) is 8.93. The van der Waals surface area contributed by atoms with Crippen molar-refractivity contribution in [2.24, 2.45) is 5.41 Å². The zero-order valence-electron chi connectivity index (χ0n) is 13.9. The van der Waals surface area contributed by atoms with Crippen molar-refractivity contribution in [3.63, 3.8) is 0 Å². The Morgan fingerprint density at radius 2 is 2.19 bits per heavy atom. The first kappa shape index (κ1) is 16.7. The average molecular weight is 308 g/mol. The molecule has 1 N–H and O–H groups in total. The lowest BCUT2D eigenvalue weighted by Gasteiger charge is -2.31. The van der Waals surface area contributed by atoms with Crippen LogP contribution in [0.25, 0.3) is 0 Å². The highest BCUT2D eigenvalue weighted by Gasteiger charge is 2.21. The molecule has 0 atom stereocenters. The molecule has 0 radical (unpaired) electrons. The molecule has 1 aromatic heterocycles. The Hall–Kier alpha value is -0.710. The van der Waals surface area contributed by atoms with Gasteiger partial charge in [0.05, 0.1) is 5.69 Å². The van der Waals surface area contributed by atoms with Gasteiger partial charge in [-0.15, -0.1) is 11.3 Å². The SMILES string of the molecule is CCCNCc1nc(CN2CC=C(C(C)(C)C)CC2)cs1. The predicted molar refractivity (Wildman–Crippen MR) is 91.5 cm³/mol. The van der Waals surface area contributed by atoms with Crippen molar-refractivity contribution < 1.29 is 0 Å². The molecule has 3 nitrogen and oxygen atoms in total. The van der Waals surface area contributed by atoms with Crippen LogP contribution in [0.1, 0.15) is 51.2 Å². The van der Waals surface area contributed by atoms with Crippen LogP contribution in [-0.4, -0.2) is 29.5 Å². The Kier molecular flexibility index (Phi) is 5.97. The second-order valence-corrected chi connectivity index (χ2v) is 7.82. The lowest BCUT2D eigenvalue weighted by atomic mass is 9.83. The van der Waals surface area contributed by atoms with Gasteiger partial charge in [0.2, 0.25) is 0 Å². The number of nitrogens with one attached hydrogen (secondary N) is 1. The maximum Gasteiger partial charge on any atom is 0.107 e. The number of nitrogens with zero attached hydrogens (tertiary/aromatic N) is 2. The third-order valence-corrected chi connectivity index (χ3v) is 4.84. The van der Waals surface area contributed by atoms with Gasteiger partial charge in [-0.3, -0.25) is 4.90 Å². The van der Waals surface area contributed by atoms with Crippen molar-refractivity contribution in [1.29, 1.82) is 0 Å². The summed E-state index contributed by atoms with van der Waals surface area (Å²) in [6.45, 7) is 14.3. The molecule has 1 aliphatic rings. The number of hydrogen-bond donors (Lipinski definition) is 1. The van der Waals surface area contributed by atoms with E-state index in [2.05, 4.69) is 49.4 Å². The maximum absolute atomic E-state index is 4.74. The van der Waals surface area contributed by atoms with E-state index in [4.69, 9.17) is 4.98 Å². The van der Waals surface area contributed by atoms with Gasteiger partial charge >= 0.3 is 0 Å². The van der Waals surface area contributed by atoms with Crippen LogP contribution in [0.2, 0.25) is 0 Å². The van der Waals surface area contributed by atoms with Crippen LogP contribution in [-0.2, 0) is 13.1 Å². The summed E-state index contributed by atoms with van der Waals surface area (Å²) in [7, 11) is 0. The van der Waals surface area contributed by atoms with Gasteiger partial charge < -0.3 is 5.32 Å². The smallest absolute Gasteiger partial charge is 0.107 e. The van der Waals surface area contributed by atoms with Crippen LogP contribution in [0.3, 0.4) is 0 Å². The zero-order valence-corrected chi connectivity index (χ0v) is 14.7. The number of aromatic nitrogens is 1. The summed E-state index contributed by atoms with van der Waals surface area (Å²) in [6.07, 6.45) is 4.78. The van der Waals surface area contributed by atoms with E-state index in [1.54, 1.807) is 16.9 Å². The minimum atomic E-state index is 0.324. The van der Waals surface area contributed by atoms with Crippen molar-refractivity contribution in [2.45, 2.75) is 53.6 Å². The molecular weight excluding hydrogens is 278 g/mol. The highest BCUT2D eigenvalue weighted by atomic mass is 32.1. The molecule has 1 aromatic rings. The maximum atomic E-state index is 4.74. The first-order chi connectivity index (χ1) is 9.99. The minimum absolute atomic E-state index is 0.324. The molecule has 4 heteroatoms. The molecule has 0 amide bonds. The van der Waals surface area contributed by atoms with Crippen molar-refractivity contribution in [3.05, 3.63) is 27.7 Å². The zero-order chi connectivity index (χ0) is 15.3. The van der Waals surface area contributed by atoms with E-state index in [0.29, 0.717) is 5.41 Å². The molecule has 2 rings (SSSR count). The van der Waals surface area contributed by atoms with E-state index in [9.17, 15) is 0 Å². The van der Waals surface area contributed by atoms with Crippen LogP contribution >= 0.6 is 11.3 Å². The van der Waals surface area contributed by atoms with Crippen molar-refractivity contribution in [1.82, 2.24) is 15.2 Å². The summed E-state index contributed by atoms with van der Waals surface area (Å²) in [4.78, 5) is 7.23. The van der Waals surface area contributed by atoms with Crippen molar-refractivity contribution in [3.8, 4) is 0 Å². The first-order valence-electron chi connectivity index (χ1n) is 8.05. The molecule has 0 spiro atoms. The number of thiazole rings is 1. The van der Waals surface area contributed by atoms with Crippen LogP contribution in [0.5, 0.6) is 0 Å². The molecule has 21 heavy (non-hydrogen) atoms. The quantitative estimate of drug-likeness (QED) is 0.639. The molecule has 1 aliphatic heterocycles. The van der Waals surface area contributed by atoms with Crippen LogP contribution in [0.4, 0.5) is 0 Å². The van der Waals surface area contributed by atoms with E-state index in [1.165, 1.54) is 23.5 Å². The van der Waals surface area contributed by atoms with Gasteiger partial charge in [-0.1, -0.05) is 39.3 Å². The summed E-state index contributed by atoms with van der Waals surface area (Å²) in [5.41, 5.74) is 3.15. The molecule has 0 saturated carbocycles. The van der Waals surface area contributed by atoms with E-state index in [1.807, 2.05) is 0 Å². The largest absolute Gasteiger partial charge is 0.310 e. The number of rotatable bonds is 6. The lowest BCUT2D eigenvalue weighted by Crippen LogP contribution is -2.31. The van der Waals surface area contributed by atoms with E-state index in [-0.39, 0.29) is 0 Å². The Morgan fingerprint density at radius 1 is 1.38 bits per heavy atom. The van der Waals surface area contributed by atoms with Crippen LogP contribution < -0.4 is 5.32 Å². The van der Waals surface area contributed by atoms with E-state index < -0.39 is 0 Å². The summed E-state index contributed by atoms with van der Waals surface area (Å²) in [6, 6.07) is 0. The molecule has 2 heterocycles. The Balaban J connectivity index is 1.82. The third kappa shape index (κ3) is 5.20. The summed E-state index contributed by atoms with van der Waals surface area (Å²) < 4.78 is 0. The molecular formula is C17H29N3S. The summed E-state index contributed by atoms with van der Waals surface area (Å²) in [5, 5.41) is 6.84. The van der Waals surface area contributed by atoms with Gasteiger partial charge in [0.15, 0.2) is 0 Å². The van der Waals surface area contributed by atoms with Gasteiger partial charge in [-0.25, -0.2) is 4.98 Å². The van der Waals surface area contributed by atoms with Crippen molar-refractivity contribution >= 4 is 11.3 Å². The second-order valence-electron chi connectivity index (χ2n) is 6.87. The van der Waals surface area contributed by atoms with Gasteiger partial charge in [0.1, 0.15) is 5.01 Å². The Bertz CT molecular complexity index is 471. The van der Waals surface area contributed by atoms with Gasteiger partial charge in [0, 0.05) is 31.6 Å².